The first-order chi connectivity index (χ1) is 12.7. The molecule has 0 aliphatic rings. The lowest BCUT2D eigenvalue weighted by molar-refractivity contribution is -0.116. The zero-order valence-corrected chi connectivity index (χ0v) is 15.8. The lowest BCUT2D eigenvalue weighted by Gasteiger charge is -2.03. The predicted octanol–water partition coefficient (Wildman–Crippen LogP) is 3.75. The van der Waals surface area contributed by atoms with Crippen molar-refractivity contribution >= 4 is 34.6 Å². The molecule has 0 saturated carbocycles. The third-order valence-corrected chi connectivity index (χ3v) is 4.89. The summed E-state index contributed by atoms with van der Waals surface area (Å²) in [4.78, 5) is 16.6. The van der Waals surface area contributed by atoms with E-state index in [4.69, 9.17) is 12.2 Å². The molecule has 2 aromatic heterocycles. The molecule has 0 bridgehead atoms. The van der Waals surface area contributed by atoms with Gasteiger partial charge in [0.25, 0.3) is 0 Å². The molecule has 1 aromatic carbocycles. The minimum atomic E-state index is -0.0379. The minimum Gasteiger partial charge on any atom is -0.302 e. The fourth-order valence-electron chi connectivity index (χ4n) is 2.49. The van der Waals surface area contributed by atoms with Gasteiger partial charge in [-0.25, -0.2) is 4.98 Å². The van der Waals surface area contributed by atoms with Gasteiger partial charge in [0.1, 0.15) is 5.82 Å². The summed E-state index contributed by atoms with van der Waals surface area (Å²) in [6, 6.07) is 9.95. The van der Waals surface area contributed by atoms with Gasteiger partial charge in [-0.15, -0.1) is 17.9 Å². The fourth-order valence-corrected chi connectivity index (χ4v) is 3.45. The van der Waals surface area contributed by atoms with Gasteiger partial charge >= 0.3 is 0 Å². The molecule has 0 aliphatic carbocycles. The third-order valence-electron chi connectivity index (χ3n) is 3.77. The zero-order chi connectivity index (χ0) is 18.4. The number of nitrogens with zero attached hydrogens (tertiary/aromatic N) is 3. The summed E-state index contributed by atoms with van der Waals surface area (Å²) >= 11 is 6.62. The number of H-pyrrole nitrogens is 1. The highest BCUT2D eigenvalue weighted by molar-refractivity contribution is 7.71. The second kappa shape index (κ2) is 8.68. The van der Waals surface area contributed by atoms with Crippen LogP contribution in [0, 0.1) is 4.77 Å². The lowest BCUT2D eigenvalue weighted by atomic mass is 10.1. The van der Waals surface area contributed by atoms with Crippen molar-refractivity contribution in [2.45, 2.75) is 25.8 Å². The SMILES string of the molecule is C=CCn1c(Cc2csc(NC(=O)CCc3ccccc3)n2)n[nH]c1=S. The Kier molecular flexibility index (Phi) is 6.08. The van der Waals surface area contributed by atoms with Crippen LogP contribution in [-0.4, -0.2) is 25.7 Å². The number of allylic oxidation sites excluding steroid dienone is 1. The molecule has 134 valence electrons. The number of rotatable bonds is 8. The molecule has 0 radical (unpaired) electrons. The van der Waals surface area contributed by atoms with E-state index in [2.05, 4.69) is 27.1 Å². The molecule has 0 fully saturated rings. The molecule has 0 unspecified atom stereocenters. The van der Waals surface area contributed by atoms with Crippen molar-refractivity contribution in [3.8, 4) is 0 Å². The van der Waals surface area contributed by atoms with Gasteiger partial charge in [0.05, 0.1) is 12.1 Å². The van der Waals surface area contributed by atoms with Crippen LogP contribution >= 0.6 is 23.6 Å². The van der Waals surface area contributed by atoms with Gasteiger partial charge in [0.2, 0.25) is 5.91 Å². The van der Waals surface area contributed by atoms with Gasteiger partial charge in [-0.05, 0) is 24.2 Å². The predicted molar refractivity (Wildman–Crippen MR) is 106 cm³/mol. The Hall–Kier alpha value is -2.58. The summed E-state index contributed by atoms with van der Waals surface area (Å²) in [7, 11) is 0. The van der Waals surface area contributed by atoms with Crippen LogP contribution in [0.15, 0.2) is 48.4 Å². The van der Waals surface area contributed by atoms with Crippen LogP contribution in [0.3, 0.4) is 0 Å². The van der Waals surface area contributed by atoms with Crippen LogP contribution < -0.4 is 5.32 Å². The first kappa shape index (κ1) is 18.2. The molecule has 8 heteroatoms. The molecule has 6 nitrogen and oxygen atoms in total. The molecule has 0 atom stereocenters. The van der Waals surface area contributed by atoms with Gasteiger partial charge in [0, 0.05) is 18.3 Å². The Morgan fingerprint density at radius 1 is 1.38 bits per heavy atom. The Balaban J connectivity index is 1.57. The fraction of sp³-hybridized carbons (Fsp3) is 0.222. The van der Waals surface area contributed by atoms with Crippen molar-refractivity contribution in [2.75, 3.05) is 5.32 Å². The van der Waals surface area contributed by atoms with Crippen LogP contribution in [0.4, 0.5) is 5.13 Å². The number of aryl methyl sites for hydroxylation is 1. The van der Waals surface area contributed by atoms with E-state index in [-0.39, 0.29) is 5.91 Å². The number of aromatic amines is 1. The average molecular weight is 386 g/mol. The molecule has 2 heterocycles. The smallest absolute Gasteiger partial charge is 0.226 e. The molecule has 26 heavy (non-hydrogen) atoms. The Labute approximate surface area is 160 Å². The summed E-state index contributed by atoms with van der Waals surface area (Å²) < 4.78 is 2.43. The Bertz CT molecular complexity index is 942. The van der Waals surface area contributed by atoms with E-state index in [1.807, 2.05) is 40.3 Å². The number of aromatic nitrogens is 4. The summed E-state index contributed by atoms with van der Waals surface area (Å²) in [6.07, 6.45) is 3.45. The van der Waals surface area contributed by atoms with E-state index in [0.717, 1.165) is 17.1 Å². The molecular weight excluding hydrogens is 366 g/mol. The quantitative estimate of drug-likeness (QED) is 0.457. The number of benzene rings is 1. The maximum atomic E-state index is 12.1. The number of hydrogen-bond donors (Lipinski definition) is 2. The van der Waals surface area contributed by atoms with Crippen molar-refractivity contribution in [1.29, 1.82) is 0 Å². The van der Waals surface area contributed by atoms with Crippen LogP contribution in [0.2, 0.25) is 0 Å². The number of hydrogen-bond acceptors (Lipinski definition) is 5. The van der Waals surface area contributed by atoms with E-state index in [1.54, 1.807) is 6.08 Å². The average Bonchev–Trinajstić information content (AvgIpc) is 3.22. The molecule has 0 spiro atoms. The third kappa shape index (κ3) is 4.74. The molecular formula is C18H19N5OS2. The number of nitrogens with one attached hydrogen (secondary N) is 2. The number of amides is 1. The standard InChI is InChI=1S/C18H19N5OS2/c1-2-10-23-15(21-22-18(23)25)11-14-12-26-17(19-14)20-16(24)9-8-13-6-4-3-5-7-13/h2-7,12H,1,8-11H2,(H,22,25)(H,19,20,24). The lowest BCUT2D eigenvalue weighted by Crippen LogP contribution is -2.12. The summed E-state index contributed by atoms with van der Waals surface area (Å²) in [5.74, 6) is 0.756. The highest BCUT2D eigenvalue weighted by Crippen LogP contribution is 2.18. The van der Waals surface area contributed by atoms with Gasteiger partial charge < -0.3 is 5.32 Å². The van der Waals surface area contributed by atoms with Crippen molar-refractivity contribution in [3.63, 3.8) is 0 Å². The van der Waals surface area contributed by atoms with Crippen LogP contribution in [-0.2, 0) is 24.2 Å². The first-order valence-electron chi connectivity index (χ1n) is 8.19. The molecule has 0 aliphatic heterocycles. The number of thiazole rings is 1. The maximum absolute atomic E-state index is 12.1. The molecule has 3 aromatic rings. The second-order valence-electron chi connectivity index (χ2n) is 5.70. The van der Waals surface area contributed by atoms with Crippen molar-refractivity contribution in [1.82, 2.24) is 19.7 Å². The number of carbonyl (C=O) groups is 1. The van der Waals surface area contributed by atoms with E-state index in [0.29, 0.717) is 35.7 Å². The van der Waals surface area contributed by atoms with Crippen LogP contribution in [0.25, 0.3) is 0 Å². The molecule has 0 saturated heterocycles. The minimum absolute atomic E-state index is 0.0379. The highest BCUT2D eigenvalue weighted by atomic mass is 32.1. The molecule has 1 amide bonds. The van der Waals surface area contributed by atoms with Gasteiger partial charge in [-0.2, -0.15) is 5.10 Å². The second-order valence-corrected chi connectivity index (χ2v) is 6.94. The van der Waals surface area contributed by atoms with Gasteiger partial charge in [-0.3, -0.25) is 14.5 Å². The number of carbonyl (C=O) groups excluding carboxylic acids is 1. The van der Waals surface area contributed by atoms with Crippen LogP contribution in [0.5, 0.6) is 0 Å². The van der Waals surface area contributed by atoms with Crippen molar-refractivity contribution in [3.05, 3.63) is 70.2 Å². The van der Waals surface area contributed by atoms with Crippen LogP contribution in [0.1, 0.15) is 23.5 Å². The summed E-state index contributed by atoms with van der Waals surface area (Å²) in [5, 5.41) is 12.4. The molecule has 3 rings (SSSR count). The summed E-state index contributed by atoms with van der Waals surface area (Å²) in [6.45, 7) is 4.33. The van der Waals surface area contributed by atoms with Crippen molar-refractivity contribution < 1.29 is 4.79 Å². The maximum Gasteiger partial charge on any atom is 0.226 e. The summed E-state index contributed by atoms with van der Waals surface area (Å²) in [5.41, 5.74) is 1.99. The normalized spacial score (nSPS) is 10.6. The van der Waals surface area contributed by atoms with E-state index in [9.17, 15) is 4.79 Å². The Morgan fingerprint density at radius 2 is 2.19 bits per heavy atom. The highest BCUT2D eigenvalue weighted by Gasteiger charge is 2.11. The van der Waals surface area contributed by atoms with Gasteiger partial charge in [0.15, 0.2) is 9.90 Å². The molecule has 2 N–H and O–H groups in total. The Morgan fingerprint density at radius 3 is 2.96 bits per heavy atom. The monoisotopic (exact) mass is 385 g/mol. The largest absolute Gasteiger partial charge is 0.302 e. The first-order valence-corrected chi connectivity index (χ1v) is 9.47. The van der Waals surface area contributed by atoms with E-state index < -0.39 is 0 Å². The van der Waals surface area contributed by atoms with Crippen molar-refractivity contribution in [2.24, 2.45) is 0 Å². The van der Waals surface area contributed by atoms with E-state index >= 15 is 0 Å². The number of anilines is 1. The van der Waals surface area contributed by atoms with E-state index in [1.165, 1.54) is 11.3 Å². The topological polar surface area (TPSA) is 75.6 Å². The zero-order valence-electron chi connectivity index (χ0n) is 14.1. The van der Waals surface area contributed by atoms with Gasteiger partial charge in [-0.1, -0.05) is 36.4 Å².